The van der Waals surface area contributed by atoms with Gasteiger partial charge in [0, 0.05) is 39.0 Å². The number of alkyl carbamates (subject to hydrolysis) is 1. The lowest BCUT2D eigenvalue weighted by Gasteiger charge is -2.25. The van der Waals surface area contributed by atoms with Crippen LogP contribution >= 0.6 is 0 Å². The molecule has 1 aliphatic rings. The molecule has 8 heteroatoms. The van der Waals surface area contributed by atoms with Crippen molar-refractivity contribution in [3.8, 4) is 11.1 Å². The second kappa shape index (κ2) is 11.2. The first-order valence-electron chi connectivity index (χ1n) is 11.3. The summed E-state index contributed by atoms with van der Waals surface area (Å²) in [5, 5.41) is 14.5. The zero-order valence-corrected chi connectivity index (χ0v) is 19.8. The number of aliphatic carboxylic acids is 1. The third-order valence-corrected chi connectivity index (χ3v) is 5.94. The van der Waals surface area contributed by atoms with Crippen molar-refractivity contribution in [2.24, 2.45) is 5.41 Å². The fourth-order valence-electron chi connectivity index (χ4n) is 4.20. The molecule has 0 saturated carbocycles. The maximum Gasteiger partial charge on any atom is 0.407 e. The van der Waals surface area contributed by atoms with Gasteiger partial charge in [-0.2, -0.15) is 0 Å². The number of carbonyl (C=O) groups excluding carboxylic acids is 2. The van der Waals surface area contributed by atoms with Gasteiger partial charge in [-0.25, -0.2) is 9.59 Å². The van der Waals surface area contributed by atoms with Crippen LogP contribution in [0.4, 0.5) is 4.79 Å². The number of benzene rings is 2. The lowest BCUT2D eigenvalue weighted by Crippen LogP contribution is -2.44. The molecule has 182 valence electrons. The first-order chi connectivity index (χ1) is 16.2. The quantitative estimate of drug-likeness (QED) is 0.465. The van der Waals surface area contributed by atoms with Gasteiger partial charge in [0.25, 0.3) is 0 Å². The Bertz CT molecular complexity index is 990. The Hall–Kier alpha value is -3.39. The molecule has 3 rings (SSSR count). The zero-order valence-electron chi connectivity index (χ0n) is 19.8. The Morgan fingerprint density at radius 2 is 1.62 bits per heavy atom. The summed E-state index contributed by atoms with van der Waals surface area (Å²) < 4.78 is 10.4. The Balaban J connectivity index is 1.50. The molecule has 8 nitrogen and oxygen atoms in total. The van der Waals surface area contributed by atoms with E-state index in [0.717, 1.165) is 22.3 Å². The summed E-state index contributed by atoms with van der Waals surface area (Å²) in [6.07, 6.45) is -0.331. The maximum absolute atomic E-state index is 12.4. The van der Waals surface area contributed by atoms with Crippen molar-refractivity contribution in [3.05, 3.63) is 59.7 Å². The number of nitrogens with one attached hydrogen (secondary N) is 2. The van der Waals surface area contributed by atoms with Crippen LogP contribution in [-0.2, 0) is 19.1 Å². The summed E-state index contributed by atoms with van der Waals surface area (Å²) in [7, 11) is 1.47. The van der Waals surface area contributed by atoms with Gasteiger partial charge >= 0.3 is 12.1 Å². The van der Waals surface area contributed by atoms with E-state index in [-0.39, 0.29) is 38.5 Å². The first kappa shape index (κ1) is 25.2. The number of carboxylic acids is 1. The van der Waals surface area contributed by atoms with Gasteiger partial charge in [0.2, 0.25) is 5.91 Å². The molecule has 1 unspecified atom stereocenters. The van der Waals surface area contributed by atoms with Crippen LogP contribution in [0.5, 0.6) is 0 Å². The molecule has 0 bridgehead atoms. The standard InChI is InChI=1S/C26H32N2O6/c1-26(2,14-23(29)28-22(24(30)31)12-13-33-3)16-27-25(32)34-15-21-19-10-6-4-8-17(19)18-9-5-7-11-20(18)21/h4-11,21-22H,12-16H2,1-3H3,(H,27,32)(H,28,29)(H,30,31). The second-order valence-electron chi connectivity index (χ2n) is 9.26. The highest BCUT2D eigenvalue weighted by Crippen LogP contribution is 2.44. The van der Waals surface area contributed by atoms with Crippen LogP contribution in [0.25, 0.3) is 11.1 Å². The minimum Gasteiger partial charge on any atom is -0.480 e. The van der Waals surface area contributed by atoms with Gasteiger partial charge in [-0.1, -0.05) is 62.4 Å². The summed E-state index contributed by atoms with van der Waals surface area (Å²) in [5.41, 5.74) is 3.98. The number of amides is 2. The first-order valence-corrected chi connectivity index (χ1v) is 11.3. The molecule has 0 fully saturated rings. The zero-order chi connectivity index (χ0) is 24.7. The van der Waals surface area contributed by atoms with Crippen molar-refractivity contribution in [3.63, 3.8) is 0 Å². The molecule has 0 saturated heterocycles. The maximum atomic E-state index is 12.4. The Morgan fingerprint density at radius 3 is 2.18 bits per heavy atom. The molecular weight excluding hydrogens is 436 g/mol. The van der Waals surface area contributed by atoms with Crippen molar-refractivity contribution in [2.75, 3.05) is 26.9 Å². The summed E-state index contributed by atoms with van der Waals surface area (Å²) in [6, 6.07) is 15.2. The number of hydrogen-bond donors (Lipinski definition) is 3. The average molecular weight is 469 g/mol. The lowest BCUT2D eigenvalue weighted by atomic mass is 9.88. The molecular formula is C26H32N2O6. The third kappa shape index (κ3) is 6.35. The molecule has 0 aliphatic heterocycles. The average Bonchev–Trinajstić information content (AvgIpc) is 3.12. The van der Waals surface area contributed by atoms with Crippen molar-refractivity contribution < 1.29 is 29.0 Å². The number of carbonyl (C=O) groups is 3. The Morgan fingerprint density at radius 1 is 1.03 bits per heavy atom. The normalized spacial score (nSPS) is 13.5. The van der Waals surface area contributed by atoms with E-state index in [2.05, 4.69) is 34.9 Å². The number of carboxylic acid groups (broad SMARTS) is 1. The van der Waals surface area contributed by atoms with Crippen LogP contribution in [0.1, 0.15) is 43.7 Å². The van der Waals surface area contributed by atoms with Crippen LogP contribution in [0.15, 0.2) is 48.5 Å². The fourth-order valence-corrected chi connectivity index (χ4v) is 4.20. The van der Waals surface area contributed by atoms with E-state index in [1.54, 1.807) is 0 Å². The van der Waals surface area contributed by atoms with Gasteiger partial charge in [-0.15, -0.1) is 0 Å². The topological polar surface area (TPSA) is 114 Å². The van der Waals surface area contributed by atoms with Crippen LogP contribution in [0.3, 0.4) is 0 Å². The molecule has 0 aromatic heterocycles. The van der Waals surface area contributed by atoms with Gasteiger partial charge in [0.1, 0.15) is 12.6 Å². The van der Waals surface area contributed by atoms with E-state index in [1.807, 2.05) is 38.1 Å². The largest absolute Gasteiger partial charge is 0.480 e. The minimum absolute atomic E-state index is 0.0306. The van der Waals surface area contributed by atoms with Crippen molar-refractivity contribution in [1.82, 2.24) is 10.6 Å². The Kier molecular flexibility index (Phi) is 8.28. The molecule has 3 N–H and O–H groups in total. The van der Waals surface area contributed by atoms with Gasteiger partial charge in [0.05, 0.1) is 0 Å². The van der Waals surface area contributed by atoms with Crippen LogP contribution < -0.4 is 10.6 Å². The van der Waals surface area contributed by atoms with Crippen LogP contribution in [0.2, 0.25) is 0 Å². The summed E-state index contributed by atoms with van der Waals surface area (Å²) in [4.78, 5) is 36.1. The van der Waals surface area contributed by atoms with Crippen molar-refractivity contribution in [2.45, 2.75) is 38.6 Å². The third-order valence-electron chi connectivity index (χ3n) is 5.94. The van der Waals surface area contributed by atoms with Gasteiger partial charge < -0.3 is 25.2 Å². The second-order valence-corrected chi connectivity index (χ2v) is 9.26. The highest BCUT2D eigenvalue weighted by Gasteiger charge is 2.30. The molecule has 2 aromatic rings. The smallest absolute Gasteiger partial charge is 0.407 e. The van der Waals surface area contributed by atoms with E-state index in [4.69, 9.17) is 9.47 Å². The van der Waals surface area contributed by atoms with Crippen LogP contribution in [0, 0.1) is 5.41 Å². The van der Waals surface area contributed by atoms with Gasteiger partial charge in [0.15, 0.2) is 0 Å². The fraction of sp³-hybridized carbons (Fsp3) is 0.423. The predicted octanol–water partition coefficient (Wildman–Crippen LogP) is 3.55. The van der Waals surface area contributed by atoms with Gasteiger partial charge in [-0.05, 0) is 27.7 Å². The molecule has 34 heavy (non-hydrogen) atoms. The van der Waals surface area contributed by atoms with Gasteiger partial charge in [-0.3, -0.25) is 4.79 Å². The van der Waals surface area contributed by atoms with Crippen LogP contribution in [-0.4, -0.2) is 56.0 Å². The van der Waals surface area contributed by atoms with E-state index in [0.29, 0.717) is 0 Å². The number of rotatable bonds is 11. The molecule has 2 amide bonds. The van der Waals surface area contributed by atoms with E-state index < -0.39 is 29.4 Å². The number of methoxy groups -OCH3 is 1. The SMILES string of the molecule is COCCC(NC(=O)CC(C)(C)CNC(=O)OCC1c2ccccc2-c2ccccc21)C(=O)O. The molecule has 0 spiro atoms. The summed E-state index contributed by atoms with van der Waals surface area (Å²) in [6.45, 7) is 4.28. The summed E-state index contributed by atoms with van der Waals surface area (Å²) in [5.74, 6) is -1.54. The molecule has 2 aromatic carbocycles. The highest BCUT2D eigenvalue weighted by molar-refractivity contribution is 5.84. The number of hydrogen-bond acceptors (Lipinski definition) is 5. The number of fused-ring (bicyclic) bond motifs is 3. The minimum atomic E-state index is -1.11. The van der Waals surface area contributed by atoms with Crippen molar-refractivity contribution in [1.29, 1.82) is 0 Å². The monoisotopic (exact) mass is 468 g/mol. The molecule has 1 atom stereocenters. The van der Waals surface area contributed by atoms with E-state index in [9.17, 15) is 19.5 Å². The predicted molar refractivity (Wildman–Crippen MR) is 128 cm³/mol. The number of ether oxygens (including phenoxy) is 2. The molecule has 0 radical (unpaired) electrons. The van der Waals surface area contributed by atoms with Crippen molar-refractivity contribution >= 4 is 18.0 Å². The van der Waals surface area contributed by atoms with E-state index >= 15 is 0 Å². The molecule has 1 aliphatic carbocycles. The summed E-state index contributed by atoms with van der Waals surface area (Å²) >= 11 is 0. The lowest BCUT2D eigenvalue weighted by molar-refractivity contribution is -0.142. The Labute approximate surface area is 199 Å². The van der Waals surface area contributed by atoms with E-state index in [1.165, 1.54) is 7.11 Å². The molecule has 0 heterocycles. The highest BCUT2D eigenvalue weighted by atomic mass is 16.5.